The highest BCUT2D eigenvalue weighted by atomic mass is 16.3. The van der Waals surface area contributed by atoms with Crippen molar-refractivity contribution < 1.29 is 4.42 Å². The Hall–Kier alpha value is -7.43. The summed E-state index contributed by atoms with van der Waals surface area (Å²) in [7, 11) is 0. The second kappa shape index (κ2) is 13.8. The molecule has 0 bridgehead atoms. The SMILES string of the molecule is c1ccc(-c2cccc(-c3ccc4oc5cccc(-c6ccccc6-c6nc(-c7ccccc7)nc(-c7cccc(-c8ccccc8)c7)n6)c5c4c3)c2)cc1. The van der Waals surface area contributed by atoms with Gasteiger partial charge in [0.25, 0.3) is 0 Å². The molecule has 0 aliphatic heterocycles. The molecule has 0 atom stereocenters. The number of nitrogens with zero attached hydrogens (tertiary/aromatic N) is 3. The number of hydrogen-bond donors (Lipinski definition) is 0. The van der Waals surface area contributed by atoms with Crippen molar-refractivity contribution in [1.82, 2.24) is 15.0 Å². The van der Waals surface area contributed by atoms with Gasteiger partial charge in [-0.05, 0) is 74.8 Å². The summed E-state index contributed by atoms with van der Waals surface area (Å²) >= 11 is 0. The van der Waals surface area contributed by atoms with Crippen LogP contribution < -0.4 is 0 Å². The number of aromatic nitrogens is 3. The molecule has 0 spiro atoms. The van der Waals surface area contributed by atoms with E-state index in [0.29, 0.717) is 17.5 Å². The van der Waals surface area contributed by atoms with Crippen LogP contribution in [0.5, 0.6) is 0 Å². The van der Waals surface area contributed by atoms with E-state index in [1.165, 1.54) is 11.1 Å². The van der Waals surface area contributed by atoms with E-state index in [1.54, 1.807) is 0 Å². The summed E-state index contributed by atoms with van der Waals surface area (Å²) in [5.41, 5.74) is 13.4. The minimum Gasteiger partial charge on any atom is -0.456 e. The molecule has 4 nitrogen and oxygen atoms in total. The fourth-order valence-corrected chi connectivity index (χ4v) is 7.46. The fourth-order valence-electron chi connectivity index (χ4n) is 7.46. The Labute approximate surface area is 319 Å². The molecule has 0 saturated heterocycles. The first-order valence-corrected chi connectivity index (χ1v) is 18.4. The monoisotopic (exact) mass is 703 g/mol. The Balaban J connectivity index is 1.13. The molecule has 0 saturated carbocycles. The third-order valence-corrected chi connectivity index (χ3v) is 10.2. The van der Waals surface area contributed by atoms with Gasteiger partial charge >= 0.3 is 0 Å². The summed E-state index contributed by atoms with van der Waals surface area (Å²) in [6.45, 7) is 0. The van der Waals surface area contributed by atoms with Crippen LogP contribution in [-0.2, 0) is 0 Å². The summed E-state index contributed by atoms with van der Waals surface area (Å²) in [4.78, 5) is 15.4. The topological polar surface area (TPSA) is 51.8 Å². The first-order chi connectivity index (χ1) is 27.2. The number of rotatable bonds is 7. The summed E-state index contributed by atoms with van der Waals surface area (Å²) in [6, 6.07) is 69.3. The van der Waals surface area contributed by atoms with Gasteiger partial charge in [-0.1, -0.05) is 170 Å². The standard InChI is InChI=1S/C51H33N3O/c1-4-15-34(16-5-1)37-21-12-23-39(31-37)40-29-30-46-45(33-40)48-43(27-14-28-47(48)55-46)42-25-10-11-26-44(42)51-53-49(36-19-8-3-9-20-36)52-50(54-51)41-24-13-22-38(32-41)35-17-6-2-7-18-35/h1-33H. The molecular formula is C51H33N3O. The van der Waals surface area contributed by atoms with Crippen molar-refractivity contribution >= 4 is 21.9 Å². The summed E-state index contributed by atoms with van der Waals surface area (Å²) in [6.07, 6.45) is 0. The molecule has 2 heterocycles. The molecule has 0 aliphatic carbocycles. The molecule has 8 aromatic carbocycles. The van der Waals surface area contributed by atoms with Crippen LogP contribution in [0.2, 0.25) is 0 Å². The quantitative estimate of drug-likeness (QED) is 0.166. The van der Waals surface area contributed by atoms with E-state index < -0.39 is 0 Å². The predicted molar refractivity (Wildman–Crippen MR) is 225 cm³/mol. The molecule has 55 heavy (non-hydrogen) atoms. The van der Waals surface area contributed by atoms with Crippen LogP contribution in [0.4, 0.5) is 0 Å². The average molecular weight is 704 g/mol. The summed E-state index contributed by atoms with van der Waals surface area (Å²) in [5, 5.41) is 2.11. The first kappa shape index (κ1) is 32.2. The maximum atomic E-state index is 6.50. The largest absolute Gasteiger partial charge is 0.456 e. The highest BCUT2D eigenvalue weighted by molar-refractivity contribution is 6.14. The first-order valence-electron chi connectivity index (χ1n) is 18.4. The smallest absolute Gasteiger partial charge is 0.164 e. The fraction of sp³-hybridized carbons (Fsp3) is 0. The molecular weight excluding hydrogens is 671 g/mol. The second-order valence-electron chi connectivity index (χ2n) is 13.6. The van der Waals surface area contributed by atoms with E-state index in [-0.39, 0.29) is 0 Å². The van der Waals surface area contributed by atoms with Gasteiger partial charge in [0.1, 0.15) is 11.2 Å². The number of benzene rings is 8. The van der Waals surface area contributed by atoms with Gasteiger partial charge in [0, 0.05) is 27.5 Å². The van der Waals surface area contributed by atoms with Gasteiger partial charge in [-0.2, -0.15) is 0 Å². The van der Waals surface area contributed by atoms with Gasteiger partial charge in [-0.15, -0.1) is 0 Å². The third kappa shape index (κ3) is 6.16. The molecule has 0 unspecified atom stereocenters. The molecule has 0 amide bonds. The zero-order chi connectivity index (χ0) is 36.6. The van der Waals surface area contributed by atoms with Gasteiger partial charge in [0.05, 0.1) is 0 Å². The van der Waals surface area contributed by atoms with E-state index in [2.05, 4.69) is 146 Å². The van der Waals surface area contributed by atoms with Crippen molar-refractivity contribution in [2.45, 2.75) is 0 Å². The lowest BCUT2D eigenvalue weighted by atomic mass is 9.93. The van der Waals surface area contributed by atoms with Crippen molar-refractivity contribution in [3.05, 3.63) is 200 Å². The molecule has 258 valence electrons. The summed E-state index contributed by atoms with van der Waals surface area (Å²) in [5.74, 6) is 1.84. The maximum absolute atomic E-state index is 6.50. The zero-order valence-electron chi connectivity index (χ0n) is 29.8. The van der Waals surface area contributed by atoms with Crippen LogP contribution in [0.25, 0.3) is 101 Å². The minimum absolute atomic E-state index is 0.604. The minimum atomic E-state index is 0.604. The molecule has 4 heteroatoms. The van der Waals surface area contributed by atoms with Gasteiger partial charge in [0.2, 0.25) is 0 Å². The van der Waals surface area contributed by atoms with Crippen LogP contribution in [0.15, 0.2) is 205 Å². The zero-order valence-corrected chi connectivity index (χ0v) is 29.8. The van der Waals surface area contributed by atoms with Crippen LogP contribution in [0.3, 0.4) is 0 Å². The normalized spacial score (nSPS) is 11.3. The Morgan fingerprint density at radius 2 is 0.727 bits per heavy atom. The van der Waals surface area contributed by atoms with E-state index in [4.69, 9.17) is 19.4 Å². The summed E-state index contributed by atoms with van der Waals surface area (Å²) < 4.78 is 6.50. The van der Waals surface area contributed by atoms with Gasteiger partial charge < -0.3 is 4.42 Å². The lowest BCUT2D eigenvalue weighted by Crippen LogP contribution is -2.01. The van der Waals surface area contributed by atoms with Crippen molar-refractivity contribution in [2.75, 3.05) is 0 Å². The molecule has 10 rings (SSSR count). The number of fused-ring (bicyclic) bond motifs is 3. The predicted octanol–water partition coefficient (Wildman–Crippen LogP) is 13.4. The molecule has 0 radical (unpaired) electrons. The lowest BCUT2D eigenvalue weighted by Gasteiger charge is -2.13. The Bertz CT molecular complexity index is 2970. The molecule has 2 aromatic heterocycles. The average Bonchev–Trinajstić information content (AvgIpc) is 3.66. The highest BCUT2D eigenvalue weighted by Gasteiger charge is 2.19. The number of furan rings is 1. The van der Waals surface area contributed by atoms with E-state index in [1.807, 2.05) is 54.6 Å². The van der Waals surface area contributed by atoms with Crippen molar-refractivity contribution in [3.8, 4) is 78.7 Å². The Kier molecular flexibility index (Phi) is 8.12. The molecule has 0 fully saturated rings. The van der Waals surface area contributed by atoms with E-state index in [0.717, 1.165) is 72.0 Å². The van der Waals surface area contributed by atoms with Crippen molar-refractivity contribution in [3.63, 3.8) is 0 Å². The molecule has 0 N–H and O–H groups in total. The maximum Gasteiger partial charge on any atom is 0.164 e. The van der Waals surface area contributed by atoms with Crippen LogP contribution in [0.1, 0.15) is 0 Å². The molecule has 0 aliphatic rings. The van der Waals surface area contributed by atoms with Gasteiger partial charge in [-0.3, -0.25) is 0 Å². The third-order valence-electron chi connectivity index (χ3n) is 10.2. The van der Waals surface area contributed by atoms with E-state index >= 15 is 0 Å². The van der Waals surface area contributed by atoms with Crippen molar-refractivity contribution in [2.24, 2.45) is 0 Å². The van der Waals surface area contributed by atoms with Crippen molar-refractivity contribution in [1.29, 1.82) is 0 Å². The van der Waals surface area contributed by atoms with Gasteiger partial charge in [0.15, 0.2) is 17.5 Å². The number of hydrogen-bond acceptors (Lipinski definition) is 4. The van der Waals surface area contributed by atoms with Crippen LogP contribution in [-0.4, -0.2) is 15.0 Å². The highest BCUT2D eigenvalue weighted by Crippen LogP contribution is 2.42. The second-order valence-corrected chi connectivity index (χ2v) is 13.6. The van der Waals surface area contributed by atoms with Crippen LogP contribution in [0, 0.1) is 0 Å². The molecule has 10 aromatic rings. The van der Waals surface area contributed by atoms with Crippen LogP contribution >= 0.6 is 0 Å². The Morgan fingerprint density at radius 1 is 0.273 bits per heavy atom. The Morgan fingerprint density at radius 3 is 1.40 bits per heavy atom. The lowest BCUT2D eigenvalue weighted by molar-refractivity contribution is 0.669. The van der Waals surface area contributed by atoms with E-state index in [9.17, 15) is 0 Å². The van der Waals surface area contributed by atoms with Gasteiger partial charge in [-0.25, -0.2) is 15.0 Å².